The predicted molar refractivity (Wildman–Crippen MR) is 141 cm³/mol. The summed E-state index contributed by atoms with van der Waals surface area (Å²) in [5.74, 6) is -1.28. The summed E-state index contributed by atoms with van der Waals surface area (Å²) in [7, 11) is 0. The SMILES string of the molecule is CC1(C)O[C@@H]2[C@H](O1)[C@@H](CSCc1cc(=O)[nH]c(=O)n1[C@@H]1O[C@H](CO)[C@H]3OC(C)(C)O[C@H]31)O[C@H]2n1ccc(=O)[nH]c1=O. The van der Waals surface area contributed by atoms with E-state index in [0.717, 1.165) is 0 Å². The summed E-state index contributed by atoms with van der Waals surface area (Å²) in [6.07, 6.45) is -4.06. The number of aliphatic hydroxyl groups excluding tert-OH is 1. The first-order valence-corrected chi connectivity index (χ1v) is 14.4. The minimum Gasteiger partial charge on any atom is -0.394 e. The third kappa shape index (κ3) is 5.27. The van der Waals surface area contributed by atoms with Crippen molar-refractivity contribution in [2.45, 2.75) is 94.1 Å². The normalized spacial score (nSPS) is 35.0. The van der Waals surface area contributed by atoms with Gasteiger partial charge in [-0.2, -0.15) is 11.8 Å². The fraction of sp³-hybridized carbons (Fsp3) is 0.680. The second-order valence-electron chi connectivity index (χ2n) is 11.3. The van der Waals surface area contributed by atoms with E-state index in [1.54, 1.807) is 27.7 Å². The fourth-order valence-electron chi connectivity index (χ4n) is 5.88. The first-order chi connectivity index (χ1) is 19.4. The Kier molecular flexibility index (Phi) is 7.17. The monoisotopic (exact) mass is 596 g/mol. The second-order valence-corrected chi connectivity index (χ2v) is 12.3. The number of H-pyrrole nitrogens is 2. The van der Waals surface area contributed by atoms with Gasteiger partial charge in [0.25, 0.3) is 11.1 Å². The van der Waals surface area contributed by atoms with Crippen LogP contribution in [0.5, 0.6) is 0 Å². The number of rotatable bonds is 7. The van der Waals surface area contributed by atoms with Crippen molar-refractivity contribution in [1.29, 1.82) is 0 Å². The highest BCUT2D eigenvalue weighted by Crippen LogP contribution is 2.45. The average molecular weight is 597 g/mol. The van der Waals surface area contributed by atoms with Crippen molar-refractivity contribution in [2.24, 2.45) is 0 Å². The third-order valence-corrected chi connectivity index (χ3v) is 8.46. The molecule has 2 aromatic rings. The van der Waals surface area contributed by atoms with Gasteiger partial charge in [-0.15, -0.1) is 0 Å². The van der Waals surface area contributed by atoms with Gasteiger partial charge in [0.05, 0.1) is 12.7 Å². The maximum absolute atomic E-state index is 13.0. The number of ether oxygens (including phenoxy) is 6. The number of hydrogen-bond acceptors (Lipinski definition) is 12. The molecule has 2 aromatic heterocycles. The summed E-state index contributed by atoms with van der Waals surface area (Å²) < 4.78 is 38.8. The first kappa shape index (κ1) is 28.5. The van der Waals surface area contributed by atoms with E-state index in [1.165, 1.54) is 39.2 Å². The fourth-order valence-corrected chi connectivity index (χ4v) is 6.93. The number of aromatic amines is 2. The van der Waals surface area contributed by atoms with E-state index < -0.39 is 83.2 Å². The van der Waals surface area contributed by atoms with Crippen LogP contribution in [0.1, 0.15) is 45.8 Å². The van der Waals surface area contributed by atoms with E-state index in [4.69, 9.17) is 28.4 Å². The number of thioether (sulfide) groups is 1. The van der Waals surface area contributed by atoms with Crippen LogP contribution in [0.15, 0.2) is 37.5 Å². The summed E-state index contributed by atoms with van der Waals surface area (Å²) in [6, 6.07) is 2.55. The van der Waals surface area contributed by atoms with Crippen molar-refractivity contribution < 1.29 is 33.5 Å². The topological polar surface area (TPSA) is 185 Å². The zero-order valence-electron chi connectivity index (χ0n) is 22.8. The number of hydrogen-bond donors (Lipinski definition) is 3. The predicted octanol–water partition coefficient (Wildman–Crippen LogP) is -0.853. The van der Waals surface area contributed by atoms with Crippen LogP contribution in [-0.4, -0.2) is 84.8 Å². The highest BCUT2D eigenvalue weighted by molar-refractivity contribution is 7.98. The molecule has 0 spiro atoms. The van der Waals surface area contributed by atoms with Crippen molar-refractivity contribution in [2.75, 3.05) is 12.4 Å². The average Bonchev–Trinajstić information content (AvgIpc) is 3.56. The van der Waals surface area contributed by atoms with Crippen molar-refractivity contribution in [1.82, 2.24) is 19.1 Å². The van der Waals surface area contributed by atoms with Crippen molar-refractivity contribution in [3.63, 3.8) is 0 Å². The molecule has 0 radical (unpaired) electrons. The molecule has 0 amide bonds. The van der Waals surface area contributed by atoms with Crippen LogP contribution in [0.3, 0.4) is 0 Å². The standard InChI is InChI=1S/C25H32N4O11S/c1-24(2)37-16-12(8-30)35-21(19(16)40-24)29-11(7-15(32)27-23(29)34)9-41-10-13-17-18(39-25(3,4)38-17)20(36-13)28-6-5-14(31)26-22(28)33/h5-7,12-13,16-21,30H,8-10H2,1-4H3,(H,26,31,33)(H,27,32,34)/t12-,13-,16-,17-,18-,19-,20-,21-/m1/s1. The van der Waals surface area contributed by atoms with Crippen LogP contribution in [0.2, 0.25) is 0 Å². The van der Waals surface area contributed by atoms with E-state index in [2.05, 4.69) is 9.97 Å². The summed E-state index contributed by atoms with van der Waals surface area (Å²) in [4.78, 5) is 53.9. The number of aliphatic hydroxyl groups is 1. The zero-order chi connectivity index (χ0) is 29.3. The number of nitrogens with one attached hydrogen (secondary N) is 2. The molecular formula is C25H32N4O11S. The maximum atomic E-state index is 13.0. The third-order valence-electron chi connectivity index (χ3n) is 7.40. The molecule has 0 aromatic carbocycles. The summed E-state index contributed by atoms with van der Waals surface area (Å²) >= 11 is 1.38. The Balaban J connectivity index is 1.22. The lowest BCUT2D eigenvalue weighted by Gasteiger charge is -2.26. The van der Waals surface area contributed by atoms with E-state index in [-0.39, 0.29) is 12.4 Å². The molecule has 6 rings (SSSR count). The molecule has 4 aliphatic heterocycles. The minimum atomic E-state index is -0.941. The molecule has 8 atom stereocenters. The van der Waals surface area contributed by atoms with Gasteiger partial charge in [-0.25, -0.2) is 9.59 Å². The van der Waals surface area contributed by atoms with Gasteiger partial charge in [0, 0.05) is 35.5 Å². The Morgan fingerprint density at radius 1 is 0.829 bits per heavy atom. The summed E-state index contributed by atoms with van der Waals surface area (Å²) in [6.45, 7) is 6.67. The lowest BCUT2D eigenvalue weighted by Crippen LogP contribution is -2.39. The van der Waals surface area contributed by atoms with E-state index >= 15 is 0 Å². The Morgan fingerprint density at radius 3 is 2.07 bits per heavy atom. The second kappa shape index (κ2) is 10.3. The van der Waals surface area contributed by atoms with Crippen LogP contribution >= 0.6 is 11.8 Å². The van der Waals surface area contributed by atoms with Gasteiger partial charge < -0.3 is 33.5 Å². The van der Waals surface area contributed by atoms with Gasteiger partial charge in [-0.3, -0.25) is 28.7 Å². The van der Waals surface area contributed by atoms with Crippen molar-refractivity contribution in [3.05, 3.63) is 65.7 Å². The van der Waals surface area contributed by atoms with Gasteiger partial charge in [0.1, 0.15) is 30.5 Å². The summed E-state index contributed by atoms with van der Waals surface area (Å²) in [5.41, 5.74) is -2.02. The molecule has 0 saturated carbocycles. The van der Waals surface area contributed by atoms with Gasteiger partial charge in [-0.1, -0.05) is 0 Å². The molecule has 0 unspecified atom stereocenters. The molecule has 4 saturated heterocycles. The van der Waals surface area contributed by atoms with Crippen LogP contribution in [0.25, 0.3) is 0 Å². The Bertz CT molecular complexity index is 1550. The molecule has 16 heteroatoms. The quantitative estimate of drug-likeness (QED) is 0.360. The highest BCUT2D eigenvalue weighted by atomic mass is 32.2. The van der Waals surface area contributed by atoms with Crippen molar-refractivity contribution >= 4 is 11.8 Å². The Labute approximate surface area is 236 Å². The molecule has 4 aliphatic rings. The van der Waals surface area contributed by atoms with E-state index in [9.17, 15) is 24.3 Å². The van der Waals surface area contributed by atoms with E-state index in [1.807, 2.05) is 0 Å². The molecule has 15 nitrogen and oxygen atoms in total. The van der Waals surface area contributed by atoms with Crippen LogP contribution in [-0.2, 0) is 34.2 Å². The molecular weight excluding hydrogens is 564 g/mol. The lowest BCUT2D eigenvalue weighted by atomic mass is 10.1. The minimum absolute atomic E-state index is 0.217. The van der Waals surface area contributed by atoms with Crippen LogP contribution in [0, 0.1) is 0 Å². The molecule has 3 N–H and O–H groups in total. The molecule has 0 bridgehead atoms. The van der Waals surface area contributed by atoms with Gasteiger partial charge in [0.2, 0.25) is 0 Å². The smallest absolute Gasteiger partial charge is 0.330 e. The number of fused-ring (bicyclic) bond motifs is 2. The van der Waals surface area contributed by atoms with Gasteiger partial charge in [0.15, 0.2) is 24.0 Å². The van der Waals surface area contributed by atoms with Gasteiger partial charge >= 0.3 is 11.4 Å². The number of aromatic nitrogens is 4. The Morgan fingerprint density at radius 2 is 1.41 bits per heavy atom. The first-order valence-electron chi connectivity index (χ1n) is 13.2. The largest absolute Gasteiger partial charge is 0.394 e. The van der Waals surface area contributed by atoms with Crippen LogP contribution < -0.4 is 22.5 Å². The Hall–Kier alpha value is -2.57. The molecule has 224 valence electrons. The maximum Gasteiger partial charge on any atom is 0.330 e. The molecule has 6 heterocycles. The zero-order valence-corrected chi connectivity index (χ0v) is 23.6. The van der Waals surface area contributed by atoms with E-state index in [0.29, 0.717) is 11.4 Å². The molecule has 4 fully saturated rings. The summed E-state index contributed by atoms with van der Waals surface area (Å²) in [5, 5.41) is 9.85. The lowest BCUT2D eigenvalue weighted by molar-refractivity contribution is -0.200. The molecule has 0 aliphatic carbocycles. The van der Waals surface area contributed by atoms with Crippen molar-refractivity contribution in [3.8, 4) is 0 Å². The van der Waals surface area contributed by atoms with Gasteiger partial charge in [-0.05, 0) is 27.7 Å². The number of nitrogens with zero attached hydrogens (tertiary/aromatic N) is 2. The highest BCUT2D eigenvalue weighted by Gasteiger charge is 2.57. The molecule has 41 heavy (non-hydrogen) atoms. The van der Waals surface area contributed by atoms with Crippen LogP contribution in [0.4, 0.5) is 0 Å².